The highest BCUT2D eigenvalue weighted by Gasteiger charge is 2.34. The summed E-state index contributed by atoms with van der Waals surface area (Å²) in [6.07, 6.45) is 3.34. The van der Waals surface area contributed by atoms with Gasteiger partial charge in [0.2, 0.25) is 8.32 Å². The predicted molar refractivity (Wildman–Crippen MR) is 75.0 cm³/mol. The first kappa shape index (κ1) is 17.6. The minimum atomic E-state index is -2.46. The molecule has 0 saturated carbocycles. The summed E-state index contributed by atoms with van der Waals surface area (Å²) in [5.41, 5.74) is 0. The van der Waals surface area contributed by atoms with Crippen LogP contribution in [0.15, 0.2) is 23.9 Å². The first-order valence-corrected chi connectivity index (χ1v) is 9.02. The first-order chi connectivity index (χ1) is 8.88. The minimum absolute atomic E-state index is 0.0988. The van der Waals surface area contributed by atoms with Crippen molar-refractivity contribution in [2.45, 2.75) is 26.4 Å². The van der Waals surface area contributed by atoms with Crippen LogP contribution in [0.1, 0.15) is 13.3 Å². The molecule has 19 heavy (non-hydrogen) atoms. The molecule has 0 fully saturated rings. The average Bonchev–Trinajstić information content (AvgIpc) is 2.39. The zero-order valence-corrected chi connectivity index (χ0v) is 13.0. The molecule has 0 amide bonds. The Kier molecular flexibility index (Phi) is 8.02. The number of esters is 2. The van der Waals surface area contributed by atoms with Gasteiger partial charge in [0.25, 0.3) is 0 Å². The zero-order valence-electron chi connectivity index (χ0n) is 12.0. The van der Waals surface area contributed by atoms with Gasteiger partial charge in [-0.25, -0.2) is 9.59 Å². The lowest BCUT2D eigenvalue weighted by atomic mass is 10.4. The van der Waals surface area contributed by atoms with E-state index in [0.29, 0.717) is 6.61 Å². The Hall–Kier alpha value is -1.40. The Morgan fingerprint density at radius 1 is 1.26 bits per heavy atom. The Labute approximate surface area is 115 Å². The Bertz CT molecular complexity index is 360. The van der Waals surface area contributed by atoms with Gasteiger partial charge in [-0.1, -0.05) is 19.6 Å². The van der Waals surface area contributed by atoms with Crippen LogP contribution < -0.4 is 0 Å². The summed E-state index contributed by atoms with van der Waals surface area (Å²) in [5, 5.41) is 0.262. The van der Waals surface area contributed by atoms with E-state index in [1.165, 1.54) is 13.2 Å². The van der Waals surface area contributed by atoms with Crippen molar-refractivity contribution < 1.29 is 23.5 Å². The second kappa shape index (κ2) is 8.66. The normalized spacial score (nSPS) is 11.9. The SMILES string of the molecule is C=CCOC(=O)/C=C(/C(=O)OCCC)[Si](C)(C)OC. The molecule has 0 radical (unpaired) electrons. The van der Waals surface area contributed by atoms with Gasteiger partial charge in [0.1, 0.15) is 6.61 Å². The Morgan fingerprint density at radius 3 is 2.37 bits per heavy atom. The lowest BCUT2D eigenvalue weighted by Gasteiger charge is -2.22. The van der Waals surface area contributed by atoms with E-state index < -0.39 is 20.3 Å². The summed E-state index contributed by atoms with van der Waals surface area (Å²) in [7, 11) is -0.946. The molecule has 0 N–H and O–H groups in total. The van der Waals surface area contributed by atoms with Crippen LogP contribution in [0.2, 0.25) is 13.1 Å². The highest BCUT2D eigenvalue weighted by Crippen LogP contribution is 2.17. The van der Waals surface area contributed by atoms with Gasteiger partial charge in [-0.3, -0.25) is 0 Å². The standard InChI is InChI=1S/C13H22O5Si/c1-6-8-17-12(14)10-11(19(4,5)16-3)13(15)18-9-7-2/h6,10H,1,7-9H2,2-5H3/b11-10-. The predicted octanol–water partition coefficient (Wildman–Crippen LogP) is 1.99. The van der Waals surface area contributed by atoms with Crippen LogP contribution in [-0.4, -0.2) is 40.6 Å². The van der Waals surface area contributed by atoms with Gasteiger partial charge in [-0.2, -0.15) is 0 Å². The van der Waals surface area contributed by atoms with Gasteiger partial charge >= 0.3 is 11.9 Å². The zero-order chi connectivity index (χ0) is 14.9. The van der Waals surface area contributed by atoms with Crippen LogP contribution in [0.25, 0.3) is 0 Å². The maximum absolute atomic E-state index is 12.0. The van der Waals surface area contributed by atoms with Crippen LogP contribution in [0.3, 0.4) is 0 Å². The fraction of sp³-hybridized carbons (Fsp3) is 0.538. The molecule has 0 aliphatic rings. The van der Waals surface area contributed by atoms with Crippen LogP contribution in [0.5, 0.6) is 0 Å². The van der Waals surface area contributed by atoms with E-state index in [2.05, 4.69) is 6.58 Å². The molecule has 0 aromatic heterocycles. The summed E-state index contributed by atoms with van der Waals surface area (Å²) in [6, 6.07) is 0. The third kappa shape index (κ3) is 6.35. The third-order valence-electron chi connectivity index (χ3n) is 2.42. The van der Waals surface area contributed by atoms with Gasteiger partial charge in [0.05, 0.1) is 11.8 Å². The molecule has 0 atom stereocenters. The highest BCUT2D eigenvalue weighted by atomic mass is 28.4. The van der Waals surface area contributed by atoms with Gasteiger partial charge < -0.3 is 13.9 Å². The van der Waals surface area contributed by atoms with E-state index in [0.717, 1.165) is 12.5 Å². The number of hydrogen-bond acceptors (Lipinski definition) is 5. The molecule has 0 aliphatic carbocycles. The van der Waals surface area contributed by atoms with Crippen molar-refractivity contribution in [2.75, 3.05) is 20.3 Å². The van der Waals surface area contributed by atoms with Crippen LogP contribution in [0, 0.1) is 0 Å². The molecule has 0 rings (SSSR count). The summed E-state index contributed by atoms with van der Waals surface area (Å²) in [5.74, 6) is -1.11. The van der Waals surface area contributed by atoms with Gasteiger partial charge in [-0.05, 0) is 19.5 Å². The van der Waals surface area contributed by atoms with Crippen molar-refractivity contribution in [2.24, 2.45) is 0 Å². The fourth-order valence-corrected chi connectivity index (χ4v) is 2.41. The van der Waals surface area contributed by atoms with E-state index in [4.69, 9.17) is 13.9 Å². The topological polar surface area (TPSA) is 61.8 Å². The van der Waals surface area contributed by atoms with E-state index in [9.17, 15) is 9.59 Å². The van der Waals surface area contributed by atoms with Crippen LogP contribution in [0.4, 0.5) is 0 Å². The monoisotopic (exact) mass is 286 g/mol. The van der Waals surface area contributed by atoms with Gasteiger partial charge in [0.15, 0.2) is 0 Å². The Morgan fingerprint density at radius 2 is 1.89 bits per heavy atom. The molecule has 0 saturated heterocycles. The molecule has 0 bridgehead atoms. The second-order valence-electron chi connectivity index (χ2n) is 4.33. The van der Waals surface area contributed by atoms with E-state index in [1.54, 1.807) is 0 Å². The molecule has 6 heteroatoms. The molecule has 0 aromatic rings. The molecule has 5 nitrogen and oxygen atoms in total. The molecule has 108 valence electrons. The maximum Gasteiger partial charge on any atom is 0.332 e. The van der Waals surface area contributed by atoms with Crippen molar-refractivity contribution in [3.8, 4) is 0 Å². The van der Waals surface area contributed by atoms with Crippen molar-refractivity contribution in [1.82, 2.24) is 0 Å². The average molecular weight is 286 g/mol. The van der Waals surface area contributed by atoms with Crippen molar-refractivity contribution >= 4 is 20.3 Å². The number of rotatable bonds is 8. The van der Waals surface area contributed by atoms with Crippen molar-refractivity contribution in [3.63, 3.8) is 0 Å². The quantitative estimate of drug-likeness (QED) is 0.295. The molecular formula is C13H22O5Si. The number of carbonyl (C=O) groups is 2. The number of carbonyl (C=O) groups excluding carboxylic acids is 2. The Balaban J connectivity index is 5.05. The molecule has 0 aliphatic heterocycles. The van der Waals surface area contributed by atoms with Crippen LogP contribution in [-0.2, 0) is 23.5 Å². The minimum Gasteiger partial charge on any atom is -0.463 e. The molecule has 0 unspecified atom stereocenters. The van der Waals surface area contributed by atoms with Gasteiger partial charge in [-0.15, -0.1) is 0 Å². The van der Waals surface area contributed by atoms with Crippen molar-refractivity contribution in [1.29, 1.82) is 0 Å². The lowest BCUT2D eigenvalue weighted by Crippen LogP contribution is -2.37. The summed E-state index contributed by atoms with van der Waals surface area (Å²) in [4.78, 5) is 23.5. The molecular weight excluding hydrogens is 264 g/mol. The molecule has 0 spiro atoms. The first-order valence-electron chi connectivity index (χ1n) is 6.11. The summed E-state index contributed by atoms with van der Waals surface area (Å²) in [6.45, 7) is 9.38. The maximum atomic E-state index is 12.0. The molecule has 0 heterocycles. The number of ether oxygens (including phenoxy) is 2. The van der Waals surface area contributed by atoms with Crippen molar-refractivity contribution in [3.05, 3.63) is 23.9 Å². The smallest absolute Gasteiger partial charge is 0.332 e. The van der Waals surface area contributed by atoms with E-state index in [-0.39, 0.29) is 11.8 Å². The van der Waals surface area contributed by atoms with Crippen LogP contribution >= 0.6 is 0 Å². The summed E-state index contributed by atoms with van der Waals surface area (Å²) >= 11 is 0. The van der Waals surface area contributed by atoms with E-state index in [1.807, 2.05) is 20.0 Å². The second-order valence-corrected chi connectivity index (χ2v) is 8.29. The van der Waals surface area contributed by atoms with E-state index >= 15 is 0 Å². The summed E-state index contributed by atoms with van der Waals surface area (Å²) < 4.78 is 15.3. The fourth-order valence-electron chi connectivity index (χ4n) is 1.16. The number of hydrogen-bond donors (Lipinski definition) is 0. The highest BCUT2D eigenvalue weighted by molar-refractivity contribution is 6.83. The lowest BCUT2D eigenvalue weighted by molar-refractivity contribution is -0.140. The third-order valence-corrected chi connectivity index (χ3v) is 5.09. The largest absolute Gasteiger partial charge is 0.463 e. The molecule has 0 aromatic carbocycles. The van der Waals surface area contributed by atoms with Gasteiger partial charge in [0, 0.05) is 13.2 Å².